The van der Waals surface area contributed by atoms with E-state index in [0.717, 1.165) is 11.1 Å². The van der Waals surface area contributed by atoms with Crippen LogP contribution in [0.5, 0.6) is 11.5 Å². The third kappa shape index (κ3) is 4.92. The molecule has 0 saturated heterocycles. The van der Waals surface area contributed by atoms with Crippen molar-refractivity contribution in [1.82, 2.24) is 4.90 Å². The molecule has 0 atom stereocenters. The molecule has 0 saturated carbocycles. The minimum absolute atomic E-state index is 0.0983. The number of amides is 2. The summed E-state index contributed by atoms with van der Waals surface area (Å²) in [7, 11) is 0. The highest BCUT2D eigenvalue weighted by Gasteiger charge is 2.16. The maximum absolute atomic E-state index is 12.2. The summed E-state index contributed by atoms with van der Waals surface area (Å²) < 4.78 is 10.7. The highest BCUT2D eigenvalue weighted by Crippen LogP contribution is 2.32. The molecule has 0 radical (unpaired) electrons. The van der Waals surface area contributed by atoms with Crippen LogP contribution in [0.2, 0.25) is 5.02 Å². The van der Waals surface area contributed by atoms with Crippen LogP contribution in [0.1, 0.15) is 24.5 Å². The van der Waals surface area contributed by atoms with Gasteiger partial charge >= 0.3 is 0 Å². The molecule has 1 heterocycles. The summed E-state index contributed by atoms with van der Waals surface area (Å²) in [6.45, 7) is 4.31. The Balaban J connectivity index is 1.57. The Bertz CT molecular complexity index is 869. The zero-order valence-corrected chi connectivity index (χ0v) is 16.0. The maximum atomic E-state index is 12.2. The quantitative estimate of drug-likeness (QED) is 0.818. The minimum Gasteiger partial charge on any atom is -0.454 e. The van der Waals surface area contributed by atoms with Gasteiger partial charge in [-0.3, -0.25) is 9.59 Å². The van der Waals surface area contributed by atoms with Crippen molar-refractivity contribution >= 4 is 29.1 Å². The molecule has 0 fully saturated rings. The van der Waals surface area contributed by atoms with Gasteiger partial charge in [0.15, 0.2) is 11.5 Å². The SMILES string of the molecule is CC(=O)N(CCC(=O)Nc1ccc(C)c(Cl)c1)Cc1ccc2c(c1)OCO2. The lowest BCUT2D eigenvalue weighted by Crippen LogP contribution is -2.31. The van der Waals surface area contributed by atoms with Gasteiger partial charge in [-0.05, 0) is 42.3 Å². The number of carbonyl (C=O) groups is 2. The van der Waals surface area contributed by atoms with Crippen LogP contribution >= 0.6 is 11.6 Å². The zero-order chi connectivity index (χ0) is 19.4. The number of hydrogen-bond acceptors (Lipinski definition) is 4. The number of hydrogen-bond donors (Lipinski definition) is 1. The summed E-state index contributed by atoms with van der Waals surface area (Å²) in [4.78, 5) is 25.8. The van der Waals surface area contributed by atoms with Crippen LogP contribution in [0.3, 0.4) is 0 Å². The number of anilines is 1. The Kier molecular flexibility index (Phi) is 5.86. The maximum Gasteiger partial charge on any atom is 0.231 e. The number of fused-ring (bicyclic) bond motifs is 1. The van der Waals surface area contributed by atoms with Crippen molar-refractivity contribution < 1.29 is 19.1 Å². The number of ether oxygens (including phenoxy) is 2. The van der Waals surface area contributed by atoms with Crippen molar-refractivity contribution in [3.8, 4) is 11.5 Å². The average Bonchev–Trinajstić information content (AvgIpc) is 3.09. The summed E-state index contributed by atoms with van der Waals surface area (Å²) in [5.74, 6) is 1.10. The molecule has 0 spiro atoms. The van der Waals surface area contributed by atoms with E-state index in [1.165, 1.54) is 6.92 Å². The van der Waals surface area contributed by atoms with Gasteiger partial charge in [0.05, 0.1) is 0 Å². The molecule has 2 amide bonds. The monoisotopic (exact) mass is 388 g/mol. The van der Waals surface area contributed by atoms with E-state index in [1.54, 1.807) is 17.0 Å². The van der Waals surface area contributed by atoms with E-state index in [0.29, 0.717) is 35.3 Å². The van der Waals surface area contributed by atoms with E-state index < -0.39 is 0 Å². The second-order valence-corrected chi connectivity index (χ2v) is 6.80. The number of rotatable bonds is 6. The summed E-state index contributed by atoms with van der Waals surface area (Å²) in [5, 5.41) is 3.40. The van der Waals surface area contributed by atoms with Crippen LogP contribution in [0.25, 0.3) is 0 Å². The van der Waals surface area contributed by atoms with Crippen molar-refractivity contribution in [3.05, 3.63) is 52.5 Å². The van der Waals surface area contributed by atoms with Gasteiger partial charge in [-0.25, -0.2) is 0 Å². The van der Waals surface area contributed by atoms with E-state index in [4.69, 9.17) is 21.1 Å². The van der Waals surface area contributed by atoms with Gasteiger partial charge in [-0.1, -0.05) is 23.7 Å². The van der Waals surface area contributed by atoms with Crippen LogP contribution in [0.15, 0.2) is 36.4 Å². The molecule has 6 nitrogen and oxygen atoms in total. The Hall–Kier alpha value is -2.73. The van der Waals surface area contributed by atoms with Gasteiger partial charge in [0, 0.05) is 37.1 Å². The number of halogens is 1. The molecule has 142 valence electrons. The lowest BCUT2D eigenvalue weighted by Gasteiger charge is -2.21. The van der Waals surface area contributed by atoms with Crippen molar-refractivity contribution in [1.29, 1.82) is 0 Å². The molecule has 3 rings (SSSR count). The predicted molar refractivity (Wildman–Crippen MR) is 103 cm³/mol. The smallest absolute Gasteiger partial charge is 0.231 e. The molecule has 27 heavy (non-hydrogen) atoms. The van der Waals surface area contributed by atoms with E-state index in [9.17, 15) is 9.59 Å². The number of nitrogens with one attached hydrogen (secondary N) is 1. The standard InChI is InChI=1S/C20H21ClN2O4/c1-13-3-5-16(10-17(13)21)22-20(25)7-8-23(14(2)24)11-15-4-6-18-19(9-15)27-12-26-18/h3-6,9-10H,7-8,11-12H2,1-2H3,(H,22,25). The largest absolute Gasteiger partial charge is 0.454 e. The molecule has 1 aliphatic rings. The zero-order valence-electron chi connectivity index (χ0n) is 15.3. The molecular weight excluding hydrogens is 368 g/mol. The second-order valence-electron chi connectivity index (χ2n) is 6.39. The van der Waals surface area contributed by atoms with Crippen LogP contribution in [0, 0.1) is 6.92 Å². The van der Waals surface area contributed by atoms with Gasteiger partial charge in [0.1, 0.15) is 0 Å². The first kappa shape index (κ1) is 19.0. The lowest BCUT2D eigenvalue weighted by molar-refractivity contribution is -0.129. The summed E-state index contributed by atoms with van der Waals surface area (Å²) in [6.07, 6.45) is 0.190. The van der Waals surface area contributed by atoms with E-state index in [-0.39, 0.29) is 25.0 Å². The molecule has 2 aromatic rings. The molecule has 2 aromatic carbocycles. The van der Waals surface area contributed by atoms with Crippen molar-refractivity contribution in [2.45, 2.75) is 26.8 Å². The molecule has 0 bridgehead atoms. The van der Waals surface area contributed by atoms with E-state index in [2.05, 4.69) is 5.32 Å². The van der Waals surface area contributed by atoms with Gasteiger partial charge in [0.25, 0.3) is 0 Å². The Morgan fingerprint density at radius 1 is 1.15 bits per heavy atom. The molecule has 1 N–H and O–H groups in total. The van der Waals surface area contributed by atoms with Crippen molar-refractivity contribution in [2.24, 2.45) is 0 Å². The second kappa shape index (κ2) is 8.31. The van der Waals surface area contributed by atoms with Gasteiger partial charge in [0.2, 0.25) is 18.6 Å². The lowest BCUT2D eigenvalue weighted by atomic mass is 10.2. The number of aryl methyl sites for hydroxylation is 1. The number of benzene rings is 2. The topological polar surface area (TPSA) is 67.9 Å². The van der Waals surface area contributed by atoms with Crippen LogP contribution in [0.4, 0.5) is 5.69 Å². The molecule has 0 aromatic heterocycles. The van der Waals surface area contributed by atoms with Crippen LogP contribution < -0.4 is 14.8 Å². The Morgan fingerprint density at radius 2 is 1.93 bits per heavy atom. The number of carbonyl (C=O) groups excluding carboxylic acids is 2. The molecule has 0 unspecified atom stereocenters. The first-order valence-corrected chi connectivity index (χ1v) is 9.00. The van der Waals surface area contributed by atoms with Gasteiger partial charge in [-0.15, -0.1) is 0 Å². The van der Waals surface area contributed by atoms with Crippen molar-refractivity contribution in [2.75, 3.05) is 18.7 Å². The third-order valence-corrected chi connectivity index (χ3v) is 4.73. The van der Waals surface area contributed by atoms with Crippen LogP contribution in [-0.2, 0) is 16.1 Å². The highest BCUT2D eigenvalue weighted by atomic mass is 35.5. The summed E-state index contributed by atoms with van der Waals surface area (Å²) >= 11 is 6.07. The Labute approximate surface area is 163 Å². The fraction of sp³-hybridized carbons (Fsp3) is 0.300. The van der Waals surface area contributed by atoms with Crippen molar-refractivity contribution in [3.63, 3.8) is 0 Å². The predicted octanol–water partition coefficient (Wildman–Crippen LogP) is 3.75. The third-order valence-electron chi connectivity index (χ3n) is 4.32. The minimum atomic E-state index is -0.174. The molecule has 1 aliphatic heterocycles. The normalized spacial score (nSPS) is 12.0. The van der Waals surface area contributed by atoms with Gasteiger partial charge < -0.3 is 19.7 Å². The fourth-order valence-corrected chi connectivity index (χ4v) is 2.92. The first-order valence-electron chi connectivity index (χ1n) is 8.62. The summed E-state index contributed by atoms with van der Waals surface area (Å²) in [6, 6.07) is 10.9. The van der Waals surface area contributed by atoms with E-state index in [1.807, 2.05) is 31.2 Å². The van der Waals surface area contributed by atoms with Gasteiger partial charge in [-0.2, -0.15) is 0 Å². The fourth-order valence-electron chi connectivity index (χ4n) is 2.74. The van der Waals surface area contributed by atoms with E-state index >= 15 is 0 Å². The molecular formula is C20H21ClN2O4. The summed E-state index contributed by atoms with van der Waals surface area (Å²) in [5.41, 5.74) is 2.50. The first-order chi connectivity index (χ1) is 12.9. The average molecular weight is 389 g/mol. The molecule has 0 aliphatic carbocycles. The number of nitrogens with zero attached hydrogens (tertiary/aromatic N) is 1. The molecule has 7 heteroatoms. The Morgan fingerprint density at radius 3 is 2.67 bits per heavy atom. The highest BCUT2D eigenvalue weighted by molar-refractivity contribution is 6.31. The van der Waals surface area contributed by atoms with Crippen LogP contribution in [-0.4, -0.2) is 30.1 Å².